The van der Waals surface area contributed by atoms with E-state index in [-0.39, 0.29) is 5.91 Å². The van der Waals surface area contributed by atoms with E-state index in [1.54, 1.807) is 11.8 Å². The highest BCUT2D eigenvalue weighted by atomic mass is 79.9. The van der Waals surface area contributed by atoms with Gasteiger partial charge in [0.1, 0.15) is 5.75 Å². The molecule has 0 atom stereocenters. The molecule has 0 heterocycles. The maximum Gasteiger partial charge on any atom is 0.224 e. The molecule has 0 aliphatic rings. The number of hydrogen-bond acceptors (Lipinski definition) is 2. The van der Waals surface area contributed by atoms with E-state index in [4.69, 9.17) is 16.3 Å². The molecule has 0 saturated heterocycles. The highest BCUT2D eigenvalue weighted by Crippen LogP contribution is 2.28. The molecule has 0 bridgehead atoms. The molecule has 1 amide bonds. The number of rotatable bonds is 18. The number of unbranched alkanes of at least 4 members (excludes halogenated alkanes) is 11. The molecule has 0 aliphatic carbocycles. The van der Waals surface area contributed by atoms with Crippen LogP contribution in [0.25, 0.3) is 0 Å². The fourth-order valence-corrected chi connectivity index (χ4v) is 4.87. The average molecular weight is 565 g/mol. The van der Waals surface area contributed by atoms with E-state index in [1.807, 2.05) is 42.5 Å². The predicted octanol–water partition coefficient (Wildman–Crippen LogP) is 9.87. The van der Waals surface area contributed by atoms with Gasteiger partial charge in [-0.3, -0.25) is 4.79 Å². The van der Waals surface area contributed by atoms with E-state index in [0.717, 1.165) is 28.6 Å². The van der Waals surface area contributed by atoms with Gasteiger partial charge in [-0.1, -0.05) is 123 Å². The number of ether oxygens (including phenoxy) is 1. The standard InChI is InChI=1S/C30H43BrClNO2/c1-3-4-5-6-7-8-9-10-11-12-13-14-20-35-30-19-18-27(22-29(30)32)24-33(25(2)34)28-17-15-16-26(21-28)23-31/h15-19,21-22H,3-14,20,23-24H2,1-2H3. The second-order valence-electron chi connectivity index (χ2n) is 9.41. The van der Waals surface area contributed by atoms with Crippen molar-refractivity contribution in [2.45, 2.75) is 103 Å². The van der Waals surface area contributed by atoms with Crippen molar-refractivity contribution in [1.82, 2.24) is 0 Å². The summed E-state index contributed by atoms with van der Waals surface area (Å²) in [7, 11) is 0. The van der Waals surface area contributed by atoms with Gasteiger partial charge in [-0.05, 0) is 41.8 Å². The smallest absolute Gasteiger partial charge is 0.224 e. The van der Waals surface area contributed by atoms with E-state index in [9.17, 15) is 4.79 Å². The fraction of sp³-hybridized carbons (Fsp3) is 0.567. The van der Waals surface area contributed by atoms with Gasteiger partial charge in [0.25, 0.3) is 0 Å². The number of halogens is 2. The summed E-state index contributed by atoms with van der Waals surface area (Å²) < 4.78 is 5.93. The molecule has 2 rings (SSSR count). The van der Waals surface area contributed by atoms with Crippen molar-refractivity contribution in [2.75, 3.05) is 11.5 Å². The van der Waals surface area contributed by atoms with Crippen molar-refractivity contribution in [3.63, 3.8) is 0 Å². The molecule has 194 valence electrons. The van der Waals surface area contributed by atoms with Crippen LogP contribution in [0.2, 0.25) is 5.02 Å². The maximum atomic E-state index is 12.3. The molecule has 2 aromatic rings. The first-order chi connectivity index (χ1) is 17.0. The third-order valence-electron chi connectivity index (χ3n) is 6.35. The number of amides is 1. The number of nitrogens with zero attached hydrogens (tertiary/aromatic N) is 1. The van der Waals surface area contributed by atoms with Gasteiger partial charge >= 0.3 is 0 Å². The van der Waals surface area contributed by atoms with Crippen LogP contribution in [0.3, 0.4) is 0 Å². The molecule has 3 nitrogen and oxygen atoms in total. The average Bonchev–Trinajstić information content (AvgIpc) is 2.86. The summed E-state index contributed by atoms with van der Waals surface area (Å²) in [6, 6.07) is 13.8. The number of alkyl halides is 1. The van der Waals surface area contributed by atoms with Crippen LogP contribution in [0.15, 0.2) is 42.5 Å². The van der Waals surface area contributed by atoms with Crippen LogP contribution in [0, 0.1) is 0 Å². The summed E-state index contributed by atoms with van der Waals surface area (Å²) in [5, 5.41) is 1.35. The first kappa shape index (κ1) is 29.7. The lowest BCUT2D eigenvalue weighted by atomic mass is 10.1. The Kier molecular flexibility index (Phi) is 15.1. The van der Waals surface area contributed by atoms with Gasteiger partial charge in [0.05, 0.1) is 18.2 Å². The predicted molar refractivity (Wildman–Crippen MR) is 154 cm³/mol. The Balaban J connectivity index is 1.68. The summed E-state index contributed by atoms with van der Waals surface area (Å²) in [6.45, 7) is 5.03. The second-order valence-corrected chi connectivity index (χ2v) is 10.4. The van der Waals surface area contributed by atoms with Crippen LogP contribution in [0.1, 0.15) is 102 Å². The van der Waals surface area contributed by atoms with E-state index in [2.05, 4.69) is 22.9 Å². The Labute approximate surface area is 226 Å². The van der Waals surface area contributed by atoms with E-state index in [0.29, 0.717) is 23.9 Å². The number of benzene rings is 2. The lowest BCUT2D eigenvalue weighted by molar-refractivity contribution is -0.116. The van der Waals surface area contributed by atoms with Crippen molar-refractivity contribution >= 4 is 39.1 Å². The van der Waals surface area contributed by atoms with E-state index >= 15 is 0 Å². The largest absolute Gasteiger partial charge is 0.492 e. The molecule has 0 radical (unpaired) electrons. The van der Waals surface area contributed by atoms with Crippen molar-refractivity contribution in [2.24, 2.45) is 0 Å². The van der Waals surface area contributed by atoms with Crippen LogP contribution >= 0.6 is 27.5 Å². The topological polar surface area (TPSA) is 29.5 Å². The zero-order chi connectivity index (χ0) is 25.3. The second kappa shape index (κ2) is 17.8. The van der Waals surface area contributed by atoms with Crippen molar-refractivity contribution < 1.29 is 9.53 Å². The monoisotopic (exact) mass is 563 g/mol. The summed E-state index contributed by atoms with van der Waals surface area (Å²) in [4.78, 5) is 14.1. The van der Waals surface area contributed by atoms with Crippen LogP contribution in [-0.2, 0) is 16.7 Å². The Morgan fingerprint density at radius 2 is 1.49 bits per heavy atom. The van der Waals surface area contributed by atoms with Crippen molar-refractivity contribution in [3.8, 4) is 5.75 Å². The minimum absolute atomic E-state index is 0.000134. The molecule has 5 heteroatoms. The summed E-state index contributed by atoms with van der Waals surface area (Å²) in [5.74, 6) is 0.717. The molecule has 0 saturated carbocycles. The molecular formula is C30H43BrClNO2. The van der Waals surface area contributed by atoms with Crippen molar-refractivity contribution in [1.29, 1.82) is 0 Å². The third-order valence-corrected chi connectivity index (χ3v) is 7.29. The van der Waals surface area contributed by atoms with Gasteiger partial charge in [-0.2, -0.15) is 0 Å². The maximum absolute atomic E-state index is 12.3. The number of hydrogen-bond donors (Lipinski definition) is 0. The molecule has 0 spiro atoms. The molecule has 0 aliphatic heterocycles. The summed E-state index contributed by atoms with van der Waals surface area (Å²) in [6.07, 6.45) is 16.0. The van der Waals surface area contributed by atoms with Crippen LogP contribution < -0.4 is 9.64 Å². The van der Waals surface area contributed by atoms with Gasteiger partial charge < -0.3 is 9.64 Å². The lowest BCUT2D eigenvalue weighted by Crippen LogP contribution is -2.27. The van der Waals surface area contributed by atoms with E-state index < -0.39 is 0 Å². The Bertz CT molecular complexity index is 873. The molecule has 0 aromatic heterocycles. The minimum Gasteiger partial charge on any atom is -0.492 e. The third kappa shape index (κ3) is 11.8. The molecular weight excluding hydrogens is 522 g/mol. The normalized spacial score (nSPS) is 11.0. The molecule has 0 fully saturated rings. The van der Waals surface area contributed by atoms with Gasteiger partial charge in [0.2, 0.25) is 5.91 Å². The summed E-state index contributed by atoms with van der Waals surface area (Å²) >= 11 is 9.99. The quantitative estimate of drug-likeness (QED) is 0.133. The van der Waals surface area contributed by atoms with Gasteiger partial charge in [0.15, 0.2) is 0 Å². The summed E-state index contributed by atoms with van der Waals surface area (Å²) in [5.41, 5.74) is 3.00. The molecule has 35 heavy (non-hydrogen) atoms. The minimum atomic E-state index is 0.000134. The number of carbonyl (C=O) groups excluding carboxylic acids is 1. The van der Waals surface area contributed by atoms with Crippen LogP contribution in [-0.4, -0.2) is 12.5 Å². The zero-order valence-corrected chi connectivity index (χ0v) is 24.0. The molecule has 2 aromatic carbocycles. The van der Waals surface area contributed by atoms with Crippen molar-refractivity contribution in [3.05, 3.63) is 58.6 Å². The first-order valence-electron chi connectivity index (χ1n) is 13.4. The first-order valence-corrected chi connectivity index (χ1v) is 14.9. The number of carbonyl (C=O) groups is 1. The van der Waals surface area contributed by atoms with Gasteiger partial charge in [-0.25, -0.2) is 0 Å². The Hall–Kier alpha value is -1.52. The Morgan fingerprint density at radius 1 is 0.857 bits per heavy atom. The zero-order valence-electron chi connectivity index (χ0n) is 21.7. The highest BCUT2D eigenvalue weighted by Gasteiger charge is 2.14. The Morgan fingerprint density at radius 3 is 2.06 bits per heavy atom. The van der Waals surface area contributed by atoms with Crippen LogP contribution in [0.5, 0.6) is 5.75 Å². The number of anilines is 1. The molecule has 0 N–H and O–H groups in total. The van der Waals surface area contributed by atoms with Crippen LogP contribution in [0.4, 0.5) is 5.69 Å². The van der Waals surface area contributed by atoms with E-state index in [1.165, 1.54) is 70.6 Å². The molecule has 0 unspecified atom stereocenters. The highest BCUT2D eigenvalue weighted by molar-refractivity contribution is 9.08. The SMILES string of the molecule is CCCCCCCCCCCCCCOc1ccc(CN(C(C)=O)c2cccc(CBr)c2)cc1Cl. The van der Waals surface area contributed by atoms with Gasteiger partial charge in [0, 0.05) is 17.9 Å². The lowest BCUT2D eigenvalue weighted by Gasteiger charge is -2.22. The fourth-order valence-electron chi connectivity index (χ4n) is 4.26. The van der Waals surface area contributed by atoms with Gasteiger partial charge in [-0.15, -0.1) is 0 Å².